The average molecular weight is 587 g/mol. The maximum absolute atomic E-state index is 15.4. The van der Waals surface area contributed by atoms with Crippen molar-refractivity contribution >= 4 is 34.4 Å². The molecule has 0 aliphatic carbocycles. The number of nitrogens with zero attached hydrogens (tertiary/aromatic N) is 5. The Morgan fingerprint density at radius 3 is 2.72 bits per heavy atom. The molecule has 0 spiro atoms. The lowest BCUT2D eigenvalue weighted by molar-refractivity contribution is -0.128. The summed E-state index contributed by atoms with van der Waals surface area (Å²) in [6, 6.07) is 5.03. The summed E-state index contributed by atoms with van der Waals surface area (Å²) in [7, 11) is 0. The highest BCUT2D eigenvalue weighted by molar-refractivity contribution is 6.04. The van der Waals surface area contributed by atoms with E-state index in [0.29, 0.717) is 46.5 Å². The number of phenols is 1. The molecule has 1 saturated heterocycles. The van der Waals surface area contributed by atoms with Gasteiger partial charge in [-0.2, -0.15) is 4.98 Å². The zero-order valence-electron chi connectivity index (χ0n) is 24.5. The van der Waals surface area contributed by atoms with E-state index >= 15 is 4.39 Å². The van der Waals surface area contributed by atoms with Crippen molar-refractivity contribution in [2.45, 2.75) is 38.9 Å². The Balaban J connectivity index is 1.82. The fourth-order valence-corrected chi connectivity index (χ4v) is 5.93. The normalized spacial score (nSPS) is 20.1. The molecule has 3 heterocycles. The summed E-state index contributed by atoms with van der Waals surface area (Å²) in [6.07, 6.45) is 5.77. The van der Waals surface area contributed by atoms with Gasteiger partial charge in [0.1, 0.15) is 24.0 Å². The molecule has 0 radical (unpaired) electrons. The van der Waals surface area contributed by atoms with Crippen LogP contribution in [-0.4, -0.2) is 70.0 Å². The van der Waals surface area contributed by atoms with E-state index < -0.39 is 17.5 Å². The predicted molar refractivity (Wildman–Crippen MR) is 167 cm³/mol. The first kappa shape index (κ1) is 29.6. The monoisotopic (exact) mass is 586 g/mol. The third kappa shape index (κ3) is 5.15. The first-order chi connectivity index (χ1) is 20.6. The molecule has 1 fully saturated rings. The number of allylic oxidation sites excluding steroid dienone is 2. The summed E-state index contributed by atoms with van der Waals surface area (Å²) in [4.78, 5) is 39.1. The van der Waals surface area contributed by atoms with Crippen LogP contribution in [0, 0.1) is 5.82 Å². The maximum Gasteiger partial charge on any atom is 0.350 e. The Morgan fingerprint density at radius 1 is 1.28 bits per heavy atom. The number of hydrogen-bond acceptors (Lipinski definition) is 8. The Kier molecular flexibility index (Phi) is 8.08. The van der Waals surface area contributed by atoms with Crippen molar-refractivity contribution < 1.29 is 19.0 Å². The number of carbonyl (C=O) groups excluding carboxylic acids is 1. The Labute approximate surface area is 248 Å². The lowest BCUT2D eigenvalue weighted by Gasteiger charge is -2.45. The second kappa shape index (κ2) is 11.7. The van der Waals surface area contributed by atoms with E-state index in [1.54, 1.807) is 24.1 Å². The Morgan fingerprint density at radius 2 is 2.05 bits per heavy atom. The third-order valence-corrected chi connectivity index (χ3v) is 7.97. The van der Waals surface area contributed by atoms with Gasteiger partial charge < -0.3 is 25.4 Å². The molecule has 43 heavy (non-hydrogen) atoms. The first-order valence-electron chi connectivity index (χ1n) is 14.0. The highest BCUT2D eigenvalue weighted by Crippen LogP contribution is 2.49. The molecular weight excluding hydrogens is 551 g/mol. The maximum atomic E-state index is 15.4. The van der Waals surface area contributed by atoms with E-state index in [1.165, 1.54) is 35.0 Å². The van der Waals surface area contributed by atoms with E-state index in [0.717, 1.165) is 0 Å². The van der Waals surface area contributed by atoms with E-state index in [9.17, 15) is 14.7 Å². The number of anilines is 1. The number of carbonyl (C=O) groups is 1. The largest absolute Gasteiger partial charge is 0.507 e. The minimum absolute atomic E-state index is 0.0437. The highest BCUT2D eigenvalue weighted by atomic mass is 19.1. The Hall–Kier alpha value is -4.93. The van der Waals surface area contributed by atoms with Crippen molar-refractivity contribution in [3.8, 4) is 22.6 Å². The van der Waals surface area contributed by atoms with Gasteiger partial charge in [-0.05, 0) is 62.9 Å². The van der Waals surface area contributed by atoms with Gasteiger partial charge >= 0.3 is 5.69 Å². The van der Waals surface area contributed by atoms with Crippen molar-refractivity contribution in [3.05, 3.63) is 77.6 Å². The van der Waals surface area contributed by atoms with Gasteiger partial charge in [0.2, 0.25) is 5.91 Å². The van der Waals surface area contributed by atoms with Gasteiger partial charge in [0.25, 0.3) is 0 Å². The minimum atomic E-state index is -0.643. The van der Waals surface area contributed by atoms with Gasteiger partial charge in [0.15, 0.2) is 5.75 Å². The quantitative estimate of drug-likeness (QED) is 0.316. The van der Waals surface area contributed by atoms with Crippen LogP contribution < -0.4 is 21.1 Å². The van der Waals surface area contributed by atoms with Crippen molar-refractivity contribution in [3.63, 3.8) is 0 Å². The van der Waals surface area contributed by atoms with Crippen molar-refractivity contribution in [1.29, 1.82) is 0 Å². The van der Waals surface area contributed by atoms with Gasteiger partial charge in [-0.15, -0.1) is 0 Å². The molecule has 224 valence electrons. The van der Waals surface area contributed by atoms with Crippen LogP contribution in [0.2, 0.25) is 0 Å². The van der Waals surface area contributed by atoms with Gasteiger partial charge in [0, 0.05) is 42.3 Å². The van der Waals surface area contributed by atoms with Crippen LogP contribution in [-0.2, 0) is 4.79 Å². The lowest BCUT2D eigenvalue weighted by Crippen LogP contribution is -2.58. The summed E-state index contributed by atoms with van der Waals surface area (Å²) in [5.74, 6) is -0.400. The van der Waals surface area contributed by atoms with E-state index in [1.807, 2.05) is 24.8 Å². The molecule has 5 rings (SSSR count). The fraction of sp³-hybridized carbons (Fsp3) is 0.312. The second-order valence-corrected chi connectivity index (χ2v) is 10.9. The van der Waals surface area contributed by atoms with E-state index in [-0.39, 0.29) is 48.2 Å². The van der Waals surface area contributed by atoms with Crippen LogP contribution >= 0.6 is 0 Å². The summed E-state index contributed by atoms with van der Waals surface area (Å²) >= 11 is 0. The van der Waals surface area contributed by atoms with Gasteiger partial charge in [0.05, 0.1) is 23.7 Å². The number of piperazine rings is 1. The SMILES string of the molecule is C=CC(=O)N1C[C@H](C)N(c2nc(=O)n3c4c(c(-c5c(O)cccc5F)c(C(=C)C)cc24)OC[C@H]3CN=C/C=C\N)C[C@H]1C. The van der Waals surface area contributed by atoms with E-state index in [4.69, 9.17) is 10.5 Å². The first-order valence-corrected chi connectivity index (χ1v) is 14.0. The number of phenolic OH excluding ortho intramolecular Hbond substituents is 1. The summed E-state index contributed by atoms with van der Waals surface area (Å²) in [5.41, 5.74) is 6.73. The zero-order chi connectivity index (χ0) is 31.0. The molecule has 0 unspecified atom stereocenters. The number of amides is 1. The van der Waals surface area contributed by atoms with Crippen LogP contribution in [0.25, 0.3) is 27.6 Å². The number of halogens is 1. The molecule has 10 nitrogen and oxygen atoms in total. The van der Waals surface area contributed by atoms with Crippen molar-refractivity contribution in [1.82, 2.24) is 14.5 Å². The van der Waals surface area contributed by atoms with Crippen LogP contribution in [0.3, 0.4) is 0 Å². The number of rotatable bonds is 7. The third-order valence-electron chi connectivity index (χ3n) is 7.97. The van der Waals surface area contributed by atoms with Crippen LogP contribution in [0.4, 0.5) is 10.2 Å². The molecule has 2 aromatic carbocycles. The van der Waals surface area contributed by atoms with Gasteiger partial charge in [-0.3, -0.25) is 14.4 Å². The van der Waals surface area contributed by atoms with E-state index in [2.05, 4.69) is 23.1 Å². The van der Waals surface area contributed by atoms with Crippen LogP contribution in [0.1, 0.15) is 32.4 Å². The molecule has 2 aliphatic rings. The molecule has 3 N–H and O–H groups in total. The van der Waals surface area contributed by atoms with Crippen LogP contribution in [0.5, 0.6) is 11.5 Å². The predicted octanol–water partition coefficient (Wildman–Crippen LogP) is 4.03. The molecule has 3 aromatic rings. The number of aromatic hydroxyl groups is 1. The number of ether oxygens (including phenoxy) is 1. The van der Waals surface area contributed by atoms with Crippen molar-refractivity contribution in [2.24, 2.45) is 10.7 Å². The molecule has 1 aromatic heterocycles. The molecule has 0 bridgehead atoms. The van der Waals surface area contributed by atoms with Gasteiger partial charge in [-0.1, -0.05) is 24.8 Å². The lowest BCUT2D eigenvalue weighted by atomic mass is 9.90. The molecule has 2 aliphatic heterocycles. The summed E-state index contributed by atoms with van der Waals surface area (Å²) in [5, 5.41) is 11.4. The highest BCUT2D eigenvalue weighted by Gasteiger charge is 2.36. The number of aliphatic imine (C=N–C) groups is 1. The molecule has 0 saturated carbocycles. The minimum Gasteiger partial charge on any atom is -0.507 e. The smallest absolute Gasteiger partial charge is 0.350 e. The van der Waals surface area contributed by atoms with Crippen molar-refractivity contribution in [2.75, 3.05) is 31.1 Å². The molecule has 11 heteroatoms. The van der Waals surface area contributed by atoms with Gasteiger partial charge in [-0.25, -0.2) is 9.18 Å². The number of nitrogens with two attached hydrogens (primary N) is 1. The zero-order valence-corrected chi connectivity index (χ0v) is 24.5. The number of aromatic nitrogens is 2. The topological polar surface area (TPSA) is 126 Å². The number of hydrogen-bond donors (Lipinski definition) is 2. The molecule has 1 amide bonds. The fourth-order valence-electron chi connectivity index (χ4n) is 5.93. The summed E-state index contributed by atoms with van der Waals surface area (Å²) < 4.78 is 23.3. The molecular formula is C32H35FN6O4. The number of benzene rings is 2. The average Bonchev–Trinajstić information content (AvgIpc) is 2.98. The standard InChI is InChI=1S/C32H35FN6O4/c1-6-26(41)37-15-20(5)38(16-19(37)4)31-23-13-22(18(2)3)27(28-24(33)9-7-10-25(28)40)30-29(23)39(32(42)36-31)21(17-43-30)14-35-12-8-11-34/h6-13,19-21,40H,1-2,14-17,34H2,3-5H3/b11-8-,35-12?/t19-,20+,21-/m1/s1. The molecule has 3 atom stereocenters. The van der Waals surface area contributed by atoms with Crippen LogP contribution in [0.15, 0.2) is 65.6 Å². The Bertz CT molecular complexity index is 1730. The summed E-state index contributed by atoms with van der Waals surface area (Å²) in [6.45, 7) is 14.5. The second-order valence-electron chi connectivity index (χ2n) is 10.9.